The second kappa shape index (κ2) is 14.7. The average Bonchev–Trinajstić information content (AvgIpc) is 3.88. The number of benzene rings is 1. The van der Waals surface area contributed by atoms with Crippen LogP contribution in [0.25, 0.3) is 0 Å². The molecule has 52 heavy (non-hydrogen) atoms. The number of hydrogen-bond acceptors (Lipinski definition) is 12. The molecule has 6 rings (SSSR count). The smallest absolute Gasteiger partial charge is 0.322 e. The number of aryl methyl sites for hydroxylation is 1. The lowest BCUT2D eigenvalue weighted by molar-refractivity contribution is -0.137. The van der Waals surface area contributed by atoms with Crippen molar-refractivity contribution in [2.75, 3.05) is 72.7 Å². The van der Waals surface area contributed by atoms with E-state index in [1.807, 2.05) is 4.90 Å². The molecule has 4 heterocycles. The molecule has 2 aliphatic heterocycles. The van der Waals surface area contributed by atoms with Gasteiger partial charge in [0.1, 0.15) is 17.3 Å². The number of nitrogens with one attached hydrogen (secondary N) is 1. The monoisotopic (exact) mass is 743 g/mol. The number of piperidine rings is 2. The van der Waals surface area contributed by atoms with Crippen LogP contribution >= 0.6 is 0 Å². The number of pyridine rings is 1. The molecule has 3 aliphatic rings. The molecule has 1 amide bonds. The molecule has 0 bridgehead atoms. The number of ether oxygens (including phenoxy) is 3. The van der Waals surface area contributed by atoms with E-state index in [-0.39, 0.29) is 55.6 Å². The van der Waals surface area contributed by atoms with Crippen LogP contribution in [0.5, 0.6) is 11.5 Å². The number of alkyl halides is 2. The molecular formula is C35H43F2N7O7S. The van der Waals surface area contributed by atoms with Gasteiger partial charge in [-0.25, -0.2) is 27.2 Å². The molecule has 0 radical (unpaired) electrons. The van der Waals surface area contributed by atoms with Crippen molar-refractivity contribution in [2.24, 2.45) is 5.41 Å². The number of rotatable bonds is 12. The predicted molar refractivity (Wildman–Crippen MR) is 190 cm³/mol. The number of amides is 1. The quantitative estimate of drug-likeness (QED) is 0.258. The summed E-state index contributed by atoms with van der Waals surface area (Å²) in [6.07, 6.45) is 4.77. The molecule has 3 fully saturated rings. The molecular weight excluding hydrogens is 700 g/mol. The van der Waals surface area contributed by atoms with Crippen molar-refractivity contribution >= 4 is 45.0 Å². The fourth-order valence-corrected chi connectivity index (χ4v) is 7.96. The summed E-state index contributed by atoms with van der Waals surface area (Å²) in [5, 5.41) is 2.81. The number of methoxy groups -OCH3 is 3. The number of aromatic nitrogens is 3. The minimum absolute atomic E-state index is 0.0401. The van der Waals surface area contributed by atoms with Gasteiger partial charge in [-0.2, -0.15) is 4.98 Å². The second-order valence-electron chi connectivity index (χ2n) is 13.6. The van der Waals surface area contributed by atoms with Crippen molar-refractivity contribution in [3.05, 3.63) is 53.5 Å². The maximum Gasteiger partial charge on any atom is 0.322 e. The Balaban J connectivity index is 1.36. The van der Waals surface area contributed by atoms with Gasteiger partial charge in [-0.05, 0) is 56.2 Å². The van der Waals surface area contributed by atoms with Crippen LogP contribution in [0.4, 0.5) is 31.9 Å². The summed E-state index contributed by atoms with van der Waals surface area (Å²) < 4.78 is 72.0. The van der Waals surface area contributed by atoms with E-state index < -0.39 is 33.6 Å². The van der Waals surface area contributed by atoms with E-state index in [4.69, 9.17) is 14.2 Å². The molecule has 0 unspecified atom stereocenters. The molecule has 1 aromatic carbocycles. The van der Waals surface area contributed by atoms with Gasteiger partial charge in [0.25, 0.3) is 11.8 Å². The van der Waals surface area contributed by atoms with Crippen LogP contribution in [0, 0.1) is 12.3 Å². The maximum atomic E-state index is 14.0. The van der Waals surface area contributed by atoms with Crippen LogP contribution in [-0.2, 0) is 26.1 Å². The Morgan fingerprint density at radius 2 is 1.62 bits per heavy atom. The van der Waals surface area contributed by atoms with Crippen molar-refractivity contribution in [1.82, 2.24) is 15.0 Å². The lowest BCUT2D eigenvalue weighted by Crippen LogP contribution is -2.40. The van der Waals surface area contributed by atoms with Gasteiger partial charge in [0.05, 0.1) is 45.4 Å². The summed E-state index contributed by atoms with van der Waals surface area (Å²) in [6.45, 7) is 2.90. The first-order valence-corrected chi connectivity index (χ1v) is 18.7. The molecule has 14 nitrogen and oxygen atoms in total. The molecule has 2 saturated heterocycles. The second-order valence-corrected chi connectivity index (χ2v) is 15.5. The number of hydrogen-bond donors (Lipinski definition) is 1. The minimum Gasteiger partial charge on any atom is -0.497 e. The Labute approximate surface area is 301 Å². The lowest BCUT2D eigenvalue weighted by atomic mass is 9.93. The van der Waals surface area contributed by atoms with E-state index in [2.05, 4.69) is 20.3 Å². The first-order valence-electron chi connectivity index (χ1n) is 17.1. The third-order valence-electron chi connectivity index (χ3n) is 10.0. The van der Waals surface area contributed by atoms with Crippen LogP contribution in [0.3, 0.4) is 0 Å². The van der Waals surface area contributed by atoms with Gasteiger partial charge in [-0.15, -0.1) is 0 Å². The van der Waals surface area contributed by atoms with E-state index in [0.717, 1.165) is 37.1 Å². The van der Waals surface area contributed by atoms with Gasteiger partial charge in [0.2, 0.25) is 16.0 Å². The Kier molecular flexibility index (Phi) is 10.4. The number of sulfonamides is 1. The summed E-state index contributed by atoms with van der Waals surface area (Å²) in [5.74, 6) is -3.94. The van der Waals surface area contributed by atoms with Gasteiger partial charge < -0.3 is 29.3 Å². The highest BCUT2D eigenvalue weighted by atomic mass is 32.2. The summed E-state index contributed by atoms with van der Waals surface area (Å²) in [5.41, 5.74) is 1.90. The standard InChI is InChI=1S/C35H43F2N7O7S/c1-23-17-29(41-33(39-23)43-15-11-35(36,37)12-16-43)40-32(46)31-27(42-13-9-34(7-8-34)10-14-42)18-25(20-38-31)44(52(47,48)22-30(45)51-4)21-24-5-6-26(49-2)19-28(24)50-3/h5-6,17-20H,7-16,21-22H2,1-4H3,(H,39,40,41,46). The summed E-state index contributed by atoms with van der Waals surface area (Å²) in [4.78, 5) is 43.4. The molecule has 0 atom stereocenters. The zero-order valence-electron chi connectivity index (χ0n) is 29.7. The average molecular weight is 744 g/mol. The zero-order valence-corrected chi connectivity index (χ0v) is 30.5. The van der Waals surface area contributed by atoms with E-state index in [1.165, 1.54) is 20.4 Å². The third kappa shape index (κ3) is 8.29. The predicted octanol–water partition coefficient (Wildman–Crippen LogP) is 4.57. The number of halogens is 2. The Hall–Kier alpha value is -4.80. The highest BCUT2D eigenvalue weighted by Crippen LogP contribution is 2.54. The minimum atomic E-state index is -4.35. The first kappa shape index (κ1) is 37.0. The summed E-state index contributed by atoms with van der Waals surface area (Å²) in [6, 6.07) is 8.14. The van der Waals surface area contributed by atoms with Crippen LogP contribution in [0.2, 0.25) is 0 Å². The van der Waals surface area contributed by atoms with Crippen molar-refractivity contribution in [2.45, 2.75) is 57.9 Å². The topological polar surface area (TPSA) is 156 Å². The number of carbonyl (C=O) groups is 2. The van der Waals surface area contributed by atoms with Gasteiger partial charge in [-0.3, -0.25) is 13.9 Å². The van der Waals surface area contributed by atoms with E-state index >= 15 is 0 Å². The van der Waals surface area contributed by atoms with Crippen LogP contribution in [0.15, 0.2) is 36.5 Å². The van der Waals surface area contributed by atoms with E-state index in [0.29, 0.717) is 46.9 Å². The van der Waals surface area contributed by atoms with Gasteiger partial charge >= 0.3 is 5.97 Å². The summed E-state index contributed by atoms with van der Waals surface area (Å²) >= 11 is 0. The number of anilines is 4. The molecule has 1 spiro atoms. The van der Waals surface area contributed by atoms with Crippen LogP contribution < -0.4 is 28.9 Å². The normalized spacial score (nSPS) is 17.7. The molecule has 1 saturated carbocycles. The Morgan fingerprint density at radius 1 is 0.923 bits per heavy atom. The number of esters is 1. The SMILES string of the molecule is COC(=O)CS(=O)(=O)N(Cc1ccc(OC)cc1OC)c1cnc(C(=O)Nc2cc(C)nc(N3CCC(F)(F)CC3)n2)c(N2CCC3(CC2)CC3)c1. The van der Waals surface area contributed by atoms with Crippen molar-refractivity contribution in [1.29, 1.82) is 0 Å². The van der Waals surface area contributed by atoms with Gasteiger partial charge in [0, 0.05) is 62.4 Å². The van der Waals surface area contributed by atoms with Gasteiger partial charge in [-0.1, -0.05) is 0 Å². The Morgan fingerprint density at radius 3 is 2.25 bits per heavy atom. The third-order valence-corrected chi connectivity index (χ3v) is 11.6. The highest BCUT2D eigenvalue weighted by Gasteiger charge is 2.45. The Bertz CT molecular complexity index is 1920. The maximum absolute atomic E-state index is 14.0. The highest BCUT2D eigenvalue weighted by molar-refractivity contribution is 7.93. The molecule has 280 valence electrons. The molecule has 1 N–H and O–H groups in total. The molecule has 2 aromatic heterocycles. The van der Waals surface area contributed by atoms with Crippen LogP contribution in [0.1, 0.15) is 60.3 Å². The summed E-state index contributed by atoms with van der Waals surface area (Å²) in [7, 11) is -0.283. The molecule has 1 aliphatic carbocycles. The largest absolute Gasteiger partial charge is 0.497 e. The lowest BCUT2D eigenvalue weighted by Gasteiger charge is -2.35. The van der Waals surface area contributed by atoms with E-state index in [9.17, 15) is 26.8 Å². The number of nitrogens with zero attached hydrogens (tertiary/aromatic N) is 6. The molecule has 3 aromatic rings. The van der Waals surface area contributed by atoms with E-state index in [1.54, 1.807) is 42.2 Å². The zero-order chi connectivity index (χ0) is 37.3. The van der Waals surface area contributed by atoms with Crippen molar-refractivity contribution in [3.63, 3.8) is 0 Å². The fraction of sp³-hybridized carbons (Fsp3) is 0.514. The van der Waals surface area contributed by atoms with Gasteiger partial charge in [0.15, 0.2) is 11.4 Å². The van der Waals surface area contributed by atoms with Crippen molar-refractivity contribution in [3.8, 4) is 11.5 Å². The first-order chi connectivity index (χ1) is 24.7. The van der Waals surface area contributed by atoms with Crippen molar-refractivity contribution < 1.29 is 41.0 Å². The fourth-order valence-electron chi connectivity index (χ4n) is 6.63. The number of carbonyl (C=O) groups excluding carboxylic acids is 2. The van der Waals surface area contributed by atoms with Crippen LogP contribution in [-0.4, -0.2) is 94.4 Å². The molecule has 17 heteroatoms.